The van der Waals surface area contributed by atoms with Crippen molar-refractivity contribution >= 4 is 40.6 Å². The summed E-state index contributed by atoms with van der Waals surface area (Å²) < 4.78 is 0. The smallest absolute Gasteiger partial charge is 0.276 e. The van der Waals surface area contributed by atoms with Gasteiger partial charge in [0, 0.05) is 30.9 Å². The molecule has 2 amide bonds. The van der Waals surface area contributed by atoms with Crippen LogP contribution in [0.25, 0.3) is 0 Å². The average Bonchev–Trinajstić information content (AvgIpc) is 2.60. The molecule has 130 valence electrons. The van der Waals surface area contributed by atoms with Crippen molar-refractivity contribution in [1.82, 2.24) is 10.3 Å². The maximum atomic E-state index is 12.6. The van der Waals surface area contributed by atoms with Gasteiger partial charge in [-0.2, -0.15) is 0 Å². The molecule has 0 spiro atoms. The Morgan fingerprint density at radius 2 is 1.80 bits per heavy atom. The minimum absolute atomic E-state index is 0.00875. The molecule has 0 radical (unpaired) electrons. The zero-order chi connectivity index (χ0) is 18.6. The Hall–Kier alpha value is -2.93. The number of pyridine rings is 1. The van der Waals surface area contributed by atoms with Crippen LogP contribution in [0.2, 0.25) is 5.15 Å². The predicted octanol–water partition coefficient (Wildman–Crippen LogP) is 2.59. The van der Waals surface area contributed by atoms with Gasteiger partial charge in [-0.3, -0.25) is 14.4 Å². The predicted molar refractivity (Wildman–Crippen MR) is 96.6 cm³/mol. The lowest BCUT2D eigenvalue weighted by Gasteiger charge is -2.13. The summed E-state index contributed by atoms with van der Waals surface area (Å²) in [5, 5.41) is 8.01. The fourth-order valence-corrected chi connectivity index (χ4v) is 2.48. The summed E-state index contributed by atoms with van der Waals surface area (Å²) >= 11 is 5.93. The first-order chi connectivity index (χ1) is 11.9. The zero-order valence-corrected chi connectivity index (χ0v) is 14.7. The van der Waals surface area contributed by atoms with Crippen molar-refractivity contribution in [1.29, 1.82) is 0 Å². The number of nitrogens with one attached hydrogen (secondary N) is 3. The third-order valence-electron chi connectivity index (χ3n) is 3.44. The molecule has 0 saturated heterocycles. The molecule has 0 aliphatic carbocycles. The monoisotopic (exact) mass is 360 g/mol. The van der Waals surface area contributed by atoms with Crippen molar-refractivity contribution in [2.24, 2.45) is 0 Å². The summed E-state index contributed by atoms with van der Waals surface area (Å²) in [6, 6.07) is 7.84. The van der Waals surface area contributed by atoms with Crippen molar-refractivity contribution in [3.63, 3.8) is 0 Å². The number of aromatic nitrogens is 1. The van der Waals surface area contributed by atoms with Crippen LogP contribution in [0.4, 0.5) is 11.4 Å². The molecule has 1 aromatic carbocycles. The van der Waals surface area contributed by atoms with Crippen molar-refractivity contribution in [2.75, 3.05) is 24.7 Å². The van der Waals surface area contributed by atoms with Gasteiger partial charge in [0.05, 0.1) is 5.69 Å². The maximum absolute atomic E-state index is 12.6. The summed E-state index contributed by atoms with van der Waals surface area (Å²) in [6.07, 6.45) is 0. The molecular formula is C17H17ClN4O3. The Morgan fingerprint density at radius 1 is 1.08 bits per heavy atom. The number of anilines is 2. The number of hydrogen-bond donors (Lipinski definition) is 3. The Morgan fingerprint density at radius 3 is 2.40 bits per heavy atom. The number of rotatable bonds is 5. The molecule has 0 aliphatic rings. The van der Waals surface area contributed by atoms with Crippen molar-refractivity contribution < 1.29 is 14.4 Å². The molecule has 0 bridgehead atoms. The fraction of sp³-hybridized carbons (Fsp3) is 0.176. The number of hydrogen-bond acceptors (Lipinski definition) is 5. The first kappa shape index (κ1) is 18.4. The van der Waals surface area contributed by atoms with E-state index in [1.54, 1.807) is 25.2 Å². The number of halogens is 1. The first-order valence-corrected chi connectivity index (χ1v) is 7.78. The summed E-state index contributed by atoms with van der Waals surface area (Å²) in [5.74, 6) is -1.07. The third-order valence-corrected chi connectivity index (χ3v) is 3.64. The average molecular weight is 361 g/mol. The number of nitrogens with zero attached hydrogens (tertiary/aromatic N) is 1. The highest BCUT2D eigenvalue weighted by Gasteiger charge is 2.20. The van der Waals surface area contributed by atoms with Crippen LogP contribution in [0.3, 0.4) is 0 Å². The fourth-order valence-electron chi connectivity index (χ4n) is 2.28. The lowest BCUT2D eigenvalue weighted by atomic mass is 10.1. The minimum Gasteiger partial charge on any atom is -0.386 e. The van der Waals surface area contributed by atoms with Gasteiger partial charge in [-0.1, -0.05) is 17.7 Å². The van der Waals surface area contributed by atoms with Crippen LogP contribution in [-0.2, 0) is 0 Å². The highest BCUT2D eigenvalue weighted by molar-refractivity contribution is 6.30. The second kappa shape index (κ2) is 7.76. The third kappa shape index (κ3) is 4.13. The molecule has 0 saturated carbocycles. The quantitative estimate of drug-likeness (QED) is 0.562. The number of carbonyl (C=O) groups is 3. The number of carbonyl (C=O) groups excluding carboxylic acids is 3. The normalized spacial score (nSPS) is 10.1. The van der Waals surface area contributed by atoms with E-state index < -0.39 is 5.91 Å². The maximum Gasteiger partial charge on any atom is 0.276 e. The van der Waals surface area contributed by atoms with E-state index in [1.165, 1.54) is 26.1 Å². The molecule has 0 unspecified atom stereocenters. The van der Waals surface area contributed by atoms with Gasteiger partial charge in [0.2, 0.25) is 0 Å². The van der Waals surface area contributed by atoms with Crippen LogP contribution >= 0.6 is 11.6 Å². The van der Waals surface area contributed by atoms with E-state index in [9.17, 15) is 14.4 Å². The molecule has 2 rings (SSSR count). The molecule has 1 aromatic heterocycles. The van der Waals surface area contributed by atoms with Crippen LogP contribution < -0.4 is 16.0 Å². The second-order valence-electron chi connectivity index (χ2n) is 5.14. The van der Waals surface area contributed by atoms with E-state index in [0.717, 1.165) is 0 Å². The van der Waals surface area contributed by atoms with Crippen molar-refractivity contribution in [3.05, 3.63) is 52.3 Å². The Labute approximate surface area is 149 Å². The minimum atomic E-state index is -0.552. The number of Topliss-reactive ketones (excluding diaryl/α,β-unsaturated/α-hetero) is 1. The highest BCUT2D eigenvalue weighted by atomic mass is 35.5. The molecular weight excluding hydrogens is 344 g/mol. The van der Waals surface area contributed by atoms with Crippen LogP contribution in [0.15, 0.2) is 30.3 Å². The standard InChI is InChI=1S/C17H17ClN4O3/c1-9(23)12-8-13(18)22-15(14(12)19-2)17(25)21-11-6-4-5-10(7-11)16(24)20-3/h4-8,19H,1-3H3,(H,20,24)(H,21,25). The molecule has 8 heteroatoms. The summed E-state index contributed by atoms with van der Waals surface area (Å²) in [6.45, 7) is 1.38. The summed E-state index contributed by atoms with van der Waals surface area (Å²) in [4.78, 5) is 40.0. The topological polar surface area (TPSA) is 100 Å². The number of benzene rings is 1. The van der Waals surface area contributed by atoms with Gasteiger partial charge in [0.1, 0.15) is 5.15 Å². The van der Waals surface area contributed by atoms with Crippen LogP contribution in [0.1, 0.15) is 38.1 Å². The van der Waals surface area contributed by atoms with E-state index in [4.69, 9.17) is 11.6 Å². The lowest BCUT2D eigenvalue weighted by molar-refractivity contribution is 0.0960. The Balaban J connectivity index is 2.39. The van der Waals surface area contributed by atoms with Crippen LogP contribution in [-0.4, -0.2) is 36.7 Å². The largest absolute Gasteiger partial charge is 0.386 e. The first-order valence-electron chi connectivity index (χ1n) is 7.40. The SMILES string of the molecule is CNC(=O)c1cccc(NC(=O)c2nc(Cl)cc(C(C)=O)c2NC)c1. The second-order valence-corrected chi connectivity index (χ2v) is 5.52. The molecule has 0 aliphatic heterocycles. The molecule has 1 heterocycles. The van der Waals surface area contributed by atoms with Gasteiger partial charge in [0.25, 0.3) is 11.8 Å². The molecule has 25 heavy (non-hydrogen) atoms. The molecule has 0 fully saturated rings. The highest BCUT2D eigenvalue weighted by Crippen LogP contribution is 2.24. The number of ketones is 1. The molecule has 0 atom stereocenters. The van der Waals surface area contributed by atoms with E-state index in [0.29, 0.717) is 11.3 Å². The molecule has 3 N–H and O–H groups in total. The van der Waals surface area contributed by atoms with Crippen molar-refractivity contribution in [2.45, 2.75) is 6.92 Å². The van der Waals surface area contributed by atoms with E-state index >= 15 is 0 Å². The van der Waals surface area contributed by atoms with Gasteiger partial charge in [0.15, 0.2) is 11.5 Å². The van der Waals surface area contributed by atoms with Gasteiger partial charge >= 0.3 is 0 Å². The van der Waals surface area contributed by atoms with Crippen LogP contribution in [0, 0.1) is 0 Å². The summed E-state index contributed by atoms with van der Waals surface area (Å²) in [7, 11) is 3.10. The molecule has 2 aromatic rings. The number of amides is 2. The van der Waals surface area contributed by atoms with Gasteiger partial charge in [-0.15, -0.1) is 0 Å². The van der Waals surface area contributed by atoms with E-state index in [-0.39, 0.29) is 33.8 Å². The van der Waals surface area contributed by atoms with E-state index in [1.807, 2.05) is 0 Å². The van der Waals surface area contributed by atoms with E-state index in [2.05, 4.69) is 20.9 Å². The van der Waals surface area contributed by atoms with Crippen molar-refractivity contribution in [3.8, 4) is 0 Å². The Kier molecular flexibility index (Phi) is 5.71. The lowest BCUT2D eigenvalue weighted by Crippen LogP contribution is -2.20. The Bertz CT molecular complexity index is 852. The molecule has 7 nitrogen and oxygen atoms in total. The van der Waals surface area contributed by atoms with Gasteiger partial charge in [-0.05, 0) is 31.2 Å². The van der Waals surface area contributed by atoms with Crippen LogP contribution in [0.5, 0.6) is 0 Å². The summed E-state index contributed by atoms with van der Waals surface area (Å²) in [5.41, 5.74) is 1.37. The van der Waals surface area contributed by atoms with Gasteiger partial charge < -0.3 is 16.0 Å². The van der Waals surface area contributed by atoms with Gasteiger partial charge in [-0.25, -0.2) is 4.98 Å². The zero-order valence-electron chi connectivity index (χ0n) is 13.9.